The Bertz CT molecular complexity index is 382. The van der Waals surface area contributed by atoms with Gasteiger partial charge in [-0.15, -0.1) is 0 Å². The van der Waals surface area contributed by atoms with Crippen LogP contribution in [0.15, 0.2) is 22.7 Å². The van der Waals surface area contributed by atoms with E-state index in [0.717, 1.165) is 18.5 Å². The van der Waals surface area contributed by atoms with Gasteiger partial charge in [0.1, 0.15) is 0 Å². The molecule has 5 heteroatoms. The second-order valence-corrected chi connectivity index (χ2v) is 4.61. The van der Waals surface area contributed by atoms with Crippen molar-refractivity contribution in [1.82, 2.24) is 0 Å². The van der Waals surface area contributed by atoms with Gasteiger partial charge in [0.05, 0.1) is 9.40 Å². The van der Waals surface area contributed by atoms with Crippen LogP contribution >= 0.6 is 15.9 Å². The van der Waals surface area contributed by atoms with E-state index in [2.05, 4.69) is 35.1 Å². The summed E-state index contributed by atoms with van der Waals surface area (Å²) >= 11 is 3.16. The van der Waals surface area contributed by atoms with Gasteiger partial charge in [0, 0.05) is 17.8 Å². The zero-order valence-electron chi connectivity index (χ0n) is 9.37. The van der Waals surface area contributed by atoms with Gasteiger partial charge in [-0.05, 0) is 41.4 Å². The maximum absolute atomic E-state index is 10.7. The quantitative estimate of drug-likeness (QED) is 0.658. The Labute approximate surface area is 103 Å². The SMILES string of the molecule is CCCC(C)Nc1ccc(Br)c([N+](=O)[O-])c1. The lowest BCUT2D eigenvalue weighted by molar-refractivity contribution is -0.385. The third-order valence-electron chi connectivity index (χ3n) is 2.28. The van der Waals surface area contributed by atoms with Crippen molar-refractivity contribution >= 4 is 27.3 Å². The van der Waals surface area contributed by atoms with E-state index in [4.69, 9.17) is 0 Å². The largest absolute Gasteiger partial charge is 0.382 e. The summed E-state index contributed by atoms with van der Waals surface area (Å²) in [5.74, 6) is 0. The molecule has 1 unspecified atom stereocenters. The maximum Gasteiger partial charge on any atom is 0.285 e. The molecule has 16 heavy (non-hydrogen) atoms. The highest BCUT2D eigenvalue weighted by Gasteiger charge is 2.12. The number of nitro benzene ring substituents is 1. The lowest BCUT2D eigenvalue weighted by atomic mass is 10.2. The molecule has 88 valence electrons. The molecule has 4 nitrogen and oxygen atoms in total. The third-order valence-corrected chi connectivity index (χ3v) is 2.95. The molecule has 0 radical (unpaired) electrons. The fraction of sp³-hybridized carbons (Fsp3) is 0.455. The summed E-state index contributed by atoms with van der Waals surface area (Å²) in [5, 5.41) is 14.0. The van der Waals surface area contributed by atoms with Crippen molar-refractivity contribution in [2.75, 3.05) is 5.32 Å². The molecule has 0 aliphatic rings. The van der Waals surface area contributed by atoms with Crippen molar-refractivity contribution in [3.05, 3.63) is 32.8 Å². The van der Waals surface area contributed by atoms with E-state index in [9.17, 15) is 10.1 Å². The normalized spacial score (nSPS) is 12.2. The van der Waals surface area contributed by atoms with Gasteiger partial charge in [0.25, 0.3) is 5.69 Å². The van der Waals surface area contributed by atoms with Gasteiger partial charge in [0.15, 0.2) is 0 Å². The first-order valence-electron chi connectivity index (χ1n) is 5.25. The van der Waals surface area contributed by atoms with Gasteiger partial charge in [-0.3, -0.25) is 10.1 Å². The molecule has 0 heterocycles. The Hall–Kier alpha value is -1.10. The summed E-state index contributed by atoms with van der Waals surface area (Å²) in [5.41, 5.74) is 0.879. The van der Waals surface area contributed by atoms with Gasteiger partial charge in [0.2, 0.25) is 0 Å². The van der Waals surface area contributed by atoms with Gasteiger partial charge < -0.3 is 5.32 Å². The second-order valence-electron chi connectivity index (χ2n) is 3.76. The molecule has 1 N–H and O–H groups in total. The summed E-state index contributed by atoms with van der Waals surface area (Å²) in [4.78, 5) is 10.3. The highest BCUT2D eigenvalue weighted by atomic mass is 79.9. The van der Waals surface area contributed by atoms with Gasteiger partial charge in [-0.1, -0.05) is 13.3 Å². The number of halogens is 1. The van der Waals surface area contributed by atoms with Crippen molar-refractivity contribution in [3.8, 4) is 0 Å². The van der Waals surface area contributed by atoms with Gasteiger partial charge in [-0.25, -0.2) is 0 Å². The van der Waals surface area contributed by atoms with E-state index in [1.54, 1.807) is 12.1 Å². The molecule has 0 bridgehead atoms. The molecule has 0 saturated heterocycles. The molecule has 0 aliphatic heterocycles. The molecule has 0 aliphatic carbocycles. The number of hydrogen-bond acceptors (Lipinski definition) is 3. The lowest BCUT2D eigenvalue weighted by Gasteiger charge is -2.14. The topological polar surface area (TPSA) is 55.2 Å². The number of rotatable bonds is 5. The van der Waals surface area contributed by atoms with E-state index in [1.807, 2.05) is 6.07 Å². The van der Waals surface area contributed by atoms with Gasteiger partial charge in [-0.2, -0.15) is 0 Å². The minimum Gasteiger partial charge on any atom is -0.382 e. The van der Waals surface area contributed by atoms with Crippen LogP contribution in [0.5, 0.6) is 0 Å². The number of benzene rings is 1. The van der Waals surface area contributed by atoms with E-state index >= 15 is 0 Å². The van der Waals surface area contributed by atoms with Crippen LogP contribution < -0.4 is 5.32 Å². The molecule has 0 aromatic heterocycles. The van der Waals surface area contributed by atoms with E-state index in [-0.39, 0.29) is 10.6 Å². The maximum atomic E-state index is 10.7. The van der Waals surface area contributed by atoms with Crippen molar-refractivity contribution in [3.63, 3.8) is 0 Å². The Morgan fingerprint density at radius 1 is 1.56 bits per heavy atom. The van der Waals surface area contributed by atoms with Crippen LogP contribution in [0.4, 0.5) is 11.4 Å². The zero-order chi connectivity index (χ0) is 12.1. The molecular weight excluding hydrogens is 272 g/mol. The average molecular weight is 287 g/mol. The van der Waals surface area contributed by atoms with Crippen LogP contribution in [0, 0.1) is 10.1 Å². The molecule has 0 spiro atoms. The van der Waals surface area contributed by atoms with Crippen LogP contribution in [0.2, 0.25) is 0 Å². The molecule has 1 rings (SSSR count). The number of hydrogen-bond donors (Lipinski definition) is 1. The van der Waals surface area contributed by atoms with E-state index < -0.39 is 0 Å². The molecular formula is C11H15BrN2O2. The fourth-order valence-corrected chi connectivity index (χ4v) is 1.92. The smallest absolute Gasteiger partial charge is 0.285 e. The highest BCUT2D eigenvalue weighted by Crippen LogP contribution is 2.28. The van der Waals surface area contributed by atoms with E-state index in [1.165, 1.54) is 0 Å². The van der Waals surface area contributed by atoms with Crippen LogP contribution in [0.1, 0.15) is 26.7 Å². The van der Waals surface area contributed by atoms with Crippen molar-refractivity contribution in [2.24, 2.45) is 0 Å². The molecule has 0 amide bonds. The van der Waals surface area contributed by atoms with Crippen molar-refractivity contribution < 1.29 is 4.92 Å². The van der Waals surface area contributed by atoms with Crippen molar-refractivity contribution in [2.45, 2.75) is 32.7 Å². The van der Waals surface area contributed by atoms with Gasteiger partial charge >= 0.3 is 0 Å². The first kappa shape index (κ1) is 13.0. The Morgan fingerprint density at radius 3 is 2.81 bits per heavy atom. The summed E-state index contributed by atoms with van der Waals surface area (Å²) in [6.07, 6.45) is 2.14. The van der Waals surface area contributed by atoms with Crippen LogP contribution in [0.3, 0.4) is 0 Å². The predicted octanol–water partition coefficient (Wildman–Crippen LogP) is 3.96. The van der Waals surface area contributed by atoms with Crippen LogP contribution in [-0.2, 0) is 0 Å². The third kappa shape index (κ3) is 3.48. The lowest BCUT2D eigenvalue weighted by Crippen LogP contribution is -2.14. The number of nitrogens with one attached hydrogen (secondary N) is 1. The second kappa shape index (κ2) is 5.84. The van der Waals surface area contributed by atoms with Crippen LogP contribution in [-0.4, -0.2) is 11.0 Å². The highest BCUT2D eigenvalue weighted by molar-refractivity contribution is 9.10. The molecule has 1 aromatic rings. The summed E-state index contributed by atoms with van der Waals surface area (Å²) in [6.45, 7) is 4.18. The minimum absolute atomic E-state index is 0.0914. The monoisotopic (exact) mass is 286 g/mol. The Balaban J connectivity index is 2.82. The summed E-state index contributed by atoms with van der Waals surface area (Å²) in [6, 6.07) is 5.41. The van der Waals surface area contributed by atoms with E-state index in [0.29, 0.717) is 10.5 Å². The van der Waals surface area contributed by atoms with Crippen molar-refractivity contribution in [1.29, 1.82) is 0 Å². The minimum atomic E-state index is -0.389. The summed E-state index contributed by atoms with van der Waals surface area (Å²) in [7, 11) is 0. The first-order valence-corrected chi connectivity index (χ1v) is 6.04. The Kier molecular flexibility index (Phi) is 4.73. The standard InChI is InChI=1S/C11H15BrN2O2/c1-3-4-8(2)13-9-5-6-10(12)11(7-9)14(15)16/h5-8,13H,3-4H2,1-2H3. The fourth-order valence-electron chi connectivity index (χ4n) is 1.53. The molecule has 0 fully saturated rings. The predicted molar refractivity (Wildman–Crippen MR) is 68.8 cm³/mol. The summed E-state index contributed by atoms with van der Waals surface area (Å²) < 4.78 is 0.506. The molecule has 1 aromatic carbocycles. The van der Waals surface area contributed by atoms with Crippen LogP contribution in [0.25, 0.3) is 0 Å². The first-order chi connectivity index (χ1) is 7.54. The number of nitrogens with zero attached hydrogens (tertiary/aromatic N) is 1. The Morgan fingerprint density at radius 2 is 2.25 bits per heavy atom. The average Bonchev–Trinajstić information content (AvgIpc) is 2.21. The number of anilines is 1. The molecule has 0 saturated carbocycles. The molecule has 1 atom stereocenters. The number of nitro groups is 1. The zero-order valence-corrected chi connectivity index (χ0v) is 11.0.